The van der Waals surface area contributed by atoms with Crippen molar-refractivity contribution in [2.45, 2.75) is 13.1 Å². The first-order chi connectivity index (χ1) is 12.0. The van der Waals surface area contributed by atoms with Gasteiger partial charge in [0.15, 0.2) is 18.1 Å². The van der Waals surface area contributed by atoms with Crippen LogP contribution in [0.5, 0.6) is 17.2 Å². The SMILES string of the molecule is COc1ccc(C[NH2+]Cc2cc(Cl)c(OCC(N)=O)c(OC)c2)cc1. The smallest absolute Gasteiger partial charge is 0.255 e. The van der Waals surface area contributed by atoms with Crippen molar-refractivity contribution in [1.29, 1.82) is 0 Å². The average Bonchev–Trinajstić information content (AvgIpc) is 2.60. The maximum Gasteiger partial charge on any atom is 0.255 e. The second-order valence-corrected chi connectivity index (χ2v) is 5.82. The van der Waals surface area contributed by atoms with Gasteiger partial charge < -0.3 is 25.3 Å². The van der Waals surface area contributed by atoms with E-state index in [1.54, 1.807) is 13.2 Å². The normalized spacial score (nSPS) is 10.4. The van der Waals surface area contributed by atoms with Gasteiger partial charge in [-0.05, 0) is 36.4 Å². The largest absolute Gasteiger partial charge is 0.497 e. The molecular formula is C18H22ClN2O4+. The third kappa shape index (κ3) is 5.55. The maximum atomic E-state index is 10.9. The van der Waals surface area contributed by atoms with Crippen LogP contribution in [0.1, 0.15) is 11.1 Å². The van der Waals surface area contributed by atoms with Gasteiger partial charge in [-0.3, -0.25) is 4.79 Å². The average molecular weight is 366 g/mol. The van der Waals surface area contributed by atoms with E-state index in [9.17, 15) is 4.79 Å². The molecule has 134 valence electrons. The summed E-state index contributed by atoms with van der Waals surface area (Å²) in [6.45, 7) is 1.29. The van der Waals surface area contributed by atoms with E-state index in [0.29, 0.717) is 16.5 Å². The summed E-state index contributed by atoms with van der Waals surface area (Å²) in [5.41, 5.74) is 7.27. The quantitative estimate of drug-likeness (QED) is 0.704. The fourth-order valence-electron chi connectivity index (χ4n) is 2.34. The van der Waals surface area contributed by atoms with Crippen LogP contribution in [0.25, 0.3) is 0 Å². The van der Waals surface area contributed by atoms with Crippen molar-refractivity contribution >= 4 is 17.5 Å². The van der Waals surface area contributed by atoms with Crippen LogP contribution in [-0.4, -0.2) is 26.7 Å². The van der Waals surface area contributed by atoms with E-state index in [0.717, 1.165) is 24.4 Å². The minimum atomic E-state index is -0.574. The Balaban J connectivity index is 1.99. The standard InChI is InChI=1S/C18H21ClN2O4/c1-23-14-5-3-12(4-6-14)9-21-10-13-7-15(19)18(16(8-13)24-2)25-11-17(20)22/h3-8,21H,9-11H2,1-2H3,(H2,20,22)/p+1. The van der Waals surface area contributed by atoms with Crippen LogP contribution >= 0.6 is 11.6 Å². The van der Waals surface area contributed by atoms with Gasteiger partial charge in [-0.25, -0.2) is 0 Å². The molecule has 0 saturated heterocycles. The molecule has 0 fully saturated rings. The van der Waals surface area contributed by atoms with Gasteiger partial charge in [-0.15, -0.1) is 0 Å². The summed E-state index contributed by atoms with van der Waals surface area (Å²) in [5, 5.41) is 2.53. The highest BCUT2D eigenvalue weighted by molar-refractivity contribution is 6.32. The Hall–Kier alpha value is -2.44. The lowest BCUT2D eigenvalue weighted by atomic mass is 10.1. The van der Waals surface area contributed by atoms with E-state index in [1.165, 1.54) is 12.7 Å². The number of benzene rings is 2. The molecule has 25 heavy (non-hydrogen) atoms. The molecule has 2 aromatic rings. The van der Waals surface area contributed by atoms with E-state index in [1.807, 2.05) is 30.3 Å². The number of hydrogen-bond donors (Lipinski definition) is 2. The van der Waals surface area contributed by atoms with Crippen LogP contribution in [0.15, 0.2) is 36.4 Å². The first kappa shape index (κ1) is 18.9. The molecule has 2 rings (SSSR count). The van der Waals surface area contributed by atoms with E-state index >= 15 is 0 Å². The third-order valence-electron chi connectivity index (χ3n) is 3.57. The summed E-state index contributed by atoms with van der Waals surface area (Å²) in [7, 11) is 3.17. The summed E-state index contributed by atoms with van der Waals surface area (Å²) in [6.07, 6.45) is 0. The second-order valence-electron chi connectivity index (χ2n) is 5.41. The predicted octanol–water partition coefficient (Wildman–Crippen LogP) is 1.48. The molecular weight excluding hydrogens is 344 g/mol. The lowest BCUT2D eigenvalue weighted by Crippen LogP contribution is -2.80. The monoisotopic (exact) mass is 365 g/mol. The van der Waals surface area contributed by atoms with Crippen LogP contribution < -0.4 is 25.3 Å². The van der Waals surface area contributed by atoms with Crippen molar-refractivity contribution in [3.8, 4) is 17.2 Å². The first-order valence-electron chi connectivity index (χ1n) is 7.75. The number of amides is 1. The van der Waals surface area contributed by atoms with Crippen molar-refractivity contribution in [3.63, 3.8) is 0 Å². The van der Waals surface area contributed by atoms with Crippen LogP contribution in [0.4, 0.5) is 0 Å². The first-order valence-corrected chi connectivity index (χ1v) is 8.13. The minimum absolute atomic E-state index is 0.251. The molecule has 4 N–H and O–H groups in total. The second kappa shape index (κ2) is 9.15. The molecule has 0 unspecified atom stereocenters. The molecule has 0 aliphatic carbocycles. The Morgan fingerprint density at radius 2 is 1.76 bits per heavy atom. The molecule has 6 nitrogen and oxygen atoms in total. The van der Waals surface area contributed by atoms with Crippen molar-refractivity contribution in [1.82, 2.24) is 0 Å². The maximum absolute atomic E-state index is 10.9. The molecule has 0 bridgehead atoms. The number of nitrogens with two attached hydrogens (primary N) is 2. The van der Waals surface area contributed by atoms with Gasteiger partial charge in [-0.1, -0.05) is 11.6 Å². The van der Waals surface area contributed by atoms with E-state index in [2.05, 4.69) is 5.32 Å². The number of rotatable bonds is 9. The molecule has 0 atom stereocenters. The van der Waals surface area contributed by atoms with Gasteiger partial charge in [0.05, 0.1) is 19.2 Å². The third-order valence-corrected chi connectivity index (χ3v) is 3.85. The number of primary amides is 1. The predicted molar refractivity (Wildman–Crippen MR) is 95.0 cm³/mol. The number of methoxy groups -OCH3 is 2. The van der Waals surface area contributed by atoms with Crippen LogP contribution in [0.3, 0.4) is 0 Å². The van der Waals surface area contributed by atoms with Gasteiger partial charge in [0, 0.05) is 11.1 Å². The van der Waals surface area contributed by atoms with Crippen LogP contribution in [0.2, 0.25) is 5.02 Å². The molecule has 0 saturated carbocycles. The van der Waals surface area contributed by atoms with Gasteiger partial charge in [0.1, 0.15) is 18.8 Å². The molecule has 7 heteroatoms. The zero-order valence-corrected chi connectivity index (χ0v) is 15.0. The van der Waals surface area contributed by atoms with E-state index in [-0.39, 0.29) is 6.61 Å². The van der Waals surface area contributed by atoms with Gasteiger partial charge in [0.2, 0.25) is 0 Å². The molecule has 2 aromatic carbocycles. The molecule has 0 spiro atoms. The summed E-state index contributed by atoms with van der Waals surface area (Å²) in [5.74, 6) is 1.06. The molecule has 0 heterocycles. The van der Waals surface area contributed by atoms with Crippen molar-refractivity contribution in [2.75, 3.05) is 20.8 Å². The fourth-order valence-corrected chi connectivity index (χ4v) is 2.63. The Morgan fingerprint density at radius 1 is 1.08 bits per heavy atom. The number of halogens is 1. The van der Waals surface area contributed by atoms with Gasteiger partial charge in [0.25, 0.3) is 5.91 Å². The highest BCUT2D eigenvalue weighted by atomic mass is 35.5. The highest BCUT2D eigenvalue weighted by Gasteiger charge is 2.13. The molecule has 0 radical (unpaired) electrons. The molecule has 0 aliphatic rings. The molecule has 1 amide bonds. The van der Waals surface area contributed by atoms with Crippen molar-refractivity contribution in [3.05, 3.63) is 52.5 Å². The topological polar surface area (TPSA) is 87.4 Å². The zero-order chi connectivity index (χ0) is 18.2. The van der Waals surface area contributed by atoms with Crippen molar-refractivity contribution < 1.29 is 24.3 Å². The lowest BCUT2D eigenvalue weighted by Gasteiger charge is -2.13. The molecule has 0 aromatic heterocycles. The van der Waals surface area contributed by atoms with E-state index in [4.69, 9.17) is 31.5 Å². The van der Waals surface area contributed by atoms with Crippen LogP contribution in [0, 0.1) is 0 Å². The van der Waals surface area contributed by atoms with Gasteiger partial charge in [-0.2, -0.15) is 0 Å². The fraction of sp³-hybridized carbons (Fsp3) is 0.278. The highest BCUT2D eigenvalue weighted by Crippen LogP contribution is 2.36. The lowest BCUT2D eigenvalue weighted by molar-refractivity contribution is -0.686. The number of quaternary nitrogens is 1. The number of ether oxygens (including phenoxy) is 3. The number of carbonyl (C=O) groups is 1. The number of carbonyl (C=O) groups excluding carboxylic acids is 1. The summed E-state index contributed by atoms with van der Waals surface area (Å²) in [4.78, 5) is 10.9. The minimum Gasteiger partial charge on any atom is -0.497 e. The summed E-state index contributed by atoms with van der Waals surface area (Å²) in [6, 6.07) is 11.6. The Morgan fingerprint density at radius 3 is 2.36 bits per heavy atom. The number of hydrogen-bond acceptors (Lipinski definition) is 4. The summed E-state index contributed by atoms with van der Waals surface area (Å²) < 4.78 is 15.8. The summed E-state index contributed by atoms with van der Waals surface area (Å²) >= 11 is 6.24. The van der Waals surface area contributed by atoms with Crippen molar-refractivity contribution in [2.24, 2.45) is 5.73 Å². The Kier molecular flexibility index (Phi) is 6.91. The molecule has 0 aliphatic heterocycles. The Labute approximate surface area is 151 Å². The Bertz CT molecular complexity index is 720. The van der Waals surface area contributed by atoms with Gasteiger partial charge >= 0.3 is 0 Å². The zero-order valence-electron chi connectivity index (χ0n) is 14.3. The van der Waals surface area contributed by atoms with Crippen LogP contribution in [-0.2, 0) is 17.9 Å². The van der Waals surface area contributed by atoms with E-state index < -0.39 is 5.91 Å².